The van der Waals surface area contributed by atoms with E-state index in [0.29, 0.717) is 16.5 Å². The molecule has 0 atom stereocenters. The van der Waals surface area contributed by atoms with Crippen molar-refractivity contribution >= 4 is 17.6 Å². The first-order chi connectivity index (χ1) is 10.1. The van der Waals surface area contributed by atoms with Gasteiger partial charge in [0.15, 0.2) is 0 Å². The Bertz CT molecular complexity index is 802. The Labute approximate surface area is 124 Å². The fraction of sp³-hybridized carbons (Fsp3) is 0. The van der Waals surface area contributed by atoms with Gasteiger partial charge in [-0.2, -0.15) is 0 Å². The number of aromatic nitrogens is 4. The second-order valence-corrected chi connectivity index (χ2v) is 4.67. The fourth-order valence-electron chi connectivity index (χ4n) is 1.87. The van der Waals surface area contributed by atoms with Crippen molar-refractivity contribution in [3.05, 3.63) is 59.1 Å². The zero-order valence-corrected chi connectivity index (χ0v) is 11.4. The third kappa shape index (κ3) is 2.61. The molecule has 0 saturated heterocycles. The van der Waals surface area contributed by atoms with E-state index in [1.54, 1.807) is 12.1 Å². The van der Waals surface area contributed by atoms with Gasteiger partial charge in [0.25, 0.3) is 0 Å². The number of rotatable bonds is 3. The third-order valence-electron chi connectivity index (χ3n) is 2.85. The topological polar surface area (TPSA) is 80.9 Å². The van der Waals surface area contributed by atoms with Gasteiger partial charge in [0, 0.05) is 10.6 Å². The second-order valence-electron chi connectivity index (χ2n) is 4.24. The fourth-order valence-corrected chi connectivity index (χ4v) is 2.05. The number of aromatic carboxylic acids is 1. The molecular formula is C14H9ClN4O2. The molecule has 0 aliphatic rings. The molecule has 0 amide bonds. The zero-order chi connectivity index (χ0) is 14.8. The summed E-state index contributed by atoms with van der Waals surface area (Å²) >= 11 is 5.82. The van der Waals surface area contributed by atoms with Crippen LogP contribution in [0.25, 0.3) is 17.1 Å². The highest BCUT2D eigenvalue weighted by atomic mass is 35.5. The molecule has 3 rings (SSSR count). The summed E-state index contributed by atoms with van der Waals surface area (Å²) in [5.74, 6) is -0.687. The van der Waals surface area contributed by atoms with Crippen LogP contribution in [0.3, 0.4) is 0 Å². The number of benzene rings is 2. The van der Waals surface area contributed by atoms with Crippen LogP contribution in [0.15, 0.2) is 48.5 Å². The van der Waals surface area contributed by atoms with Gasteiger partial charge in [-0.25, -0.2) is 4.79 Å². The molecule has 0 saturated carbocycles. The van der Waals surface area contributed by atoms with E-state index in [9.17, 15) is 9.90 Å². The van der Waals surface area contributed by atoms with E-state index < -0.39 is 5.97 Å². The molecule has 0 aliphatic carbocycles. The molecule has 104 valence electrons. The second kappa shape index (κ2) is 5.34. The van der Waals surface area contributed by atoms with Gasteiger partial charge >= 0.3 is 5.97 Å². The largest absolute Gasteiger partial charge is 0.478 e. The molecule has 0 radical (unpaired) electrons. The van der Waals surface area contributed by atoms with Crippen molar-refractivity contribution in [3.8, 4) is 17.1 Å². The number of hydrogen-bond donors (Lipinski definition) is 1. The molecule has 1 N–H and O–H groups in total. The van der Waals surface area contributed by atoms with Gasteiger partial charge in [-0.3, -0.25) is 0 Å². The SMILES string of the molecule is O=C(O)c1cc(Cl)ccc1-n1nnc(-c2ccccc2)n1. The van der Waals surface area contributed by atoms with Gasteiger partial charge in [0.05, 0.1) is 5.56 Å². The predicted molar refractivity (Wildman–Crippen MR) is 76.6 cm³/mol. The van der Waals surface area contributed by atoms with Gasteiger partial charge in [0.1, 0.15) is 5.69 Å². The highest BCUT2D eigenvalue weighted by Crippen LogP contribution is 2.20. The summed E-state index contributed by atoms with van der Waals surface area (Å²) in [7, 11) is 0. The molecular weight excluding hydrogens is 292 g/mol. The van der Waals surface area contributed by atoms with Gasteiger partial charge in [0.2, 0.25) is 5.82 Å². The maximum absolute atomic E-state index is 11.3. The lowest BCUT2D eigenvalue weighted by atomic mass is 10.2. The minimum atomic E-state index is -1.11. The lowest BCUT2D eigenvalue weighted by Crippen LogP contribution is -2.08. The average molecular weight is 301 g/mol. The molecule has 0 bridgehead atoms. The molecule has 0 spiro atoms. The number of carbonyl (C=O) groups is 1. The van der Waals surface area contributed by atoms with E-state index in [2.05, 4.69) is 15.4 Å². The Morgan fingerprint density at radius 1 is 1.14 bits per heavy atom. The van der Waals surface area contributed by atoms with Crippen LogP contribution in [-0.4, -0.2) is 31.3 Å². The molecule has 7 heteroatoms. The number of nitrogens with zero attached hydrogens (tertiary/aromatic N) is 4. The van der Waals surface area contributed by atoms with Crippen LogP contribution in [-0.2, 0) is 0 Å². The van der Waals surface area contributed by atoms with Crippen molar-refractivity contribution in [2.45, 2.75) is 0 Å². The highest BCUT2D eigenvalue weighted by Gasteiger charge is 2.15. The summed E-state index contributed by atoms with van der Waals surface area (Å²) in [5, 5.41) is 21.6. The van der Waals surface area contributed by atoms with Crippen LogP contribution in [0.4, 0.5) is 0 Å². The van der Waals surface area contributed by atoms with Crippen LogP contribution in [0.5, 0.6) is 0 Å². The van der Waals surface area contributed by atoms with E-state index in [0.717, 1.165) is 5.56 Å². The maximum Gasteiger partial charge on any atom is 0.338 e. The summed E-state index contributed by atoms with van der Waals surface area (Å²) in [6, 6.07) is 13.8. The van der Waals surface area contributed by atoms with Crippen molar-refractivity contribution < 1.29 is 9.90 Å². The van der Waals surface area contributed by atoms with Crippen LogP contribution in [0.1, 0.15) is 10.4 Å². The Kier molecular flexibility index (Phi) is 3.37. The highest BCUT2D eigenvalue weighted by molar-refractivity contribution is 6.31. The molecule has 6 nitrogen and oxygen atoms in total. The number of carboxylic acid groups (broad SMARTS) is 1. The maximum atomic E-state index is 11.3. The van der Waals surface area contributed by atoms with Gasteiger partial charge in [-0.1, -0.05) is 41.9 Å². The number of halogens is 1. The summed E-state index contributed by atoms with van der Waals surface area (Å²) in [5.41, 5.74) is 1.12. The summed E-state index contributed by atoms with van der Waals surface area (Å²) < 4.78 is 0. The first-order valence-corrected chi connectivity index (χ1v) is 6.41. The van der Waals surface area contributed by atoms with Crippen molar-refractivity contribution in [3.63, 3.8) is 0 Å². The molecule has 0 unspecified atom stereocenters. The lowest BCUT2D eigenvalue weighted by Gasteiger charge is -2.03. The van der Waals surface area contributed by atoms with Crippen LogP contribution < -0.4 is 0 Å². The Hall–Kier alpha value is -2.73. The lowest BCUT2D eigenvalue weighted by molar-refractivity contribution is 0.0696. The van der Waals surface area contributed by atoms with E-state index in [4.69, 9.17) is 11.6 Å². The molecule has 0 aliphatic heterocycles. The number of hydrogen-bond acceptors (Lipinski definition) is 4. The van der Waals surface area contributed by atoms with E-state index in [1.807, 2.05) is 30.3 Å². The van der Waals surface area contributed by atoms with Crippen LogP contribution in [0.2, 0.25) is 5.02 Å². The zero-order valence-electron chi connectivity index (χ0n) is 10.6. The smallest absolute Gasteiger partial charge is 0.338 e. The Morgan fingerprint density at radius 2 is 1.90 bits per heavy atom. The van der Waals surface area contributed by atoms with E-state index >= 15 is 0 Å². The molecule has 1 aromatic heterocycles. The normalized spacial score (nSPS) is 10.5. The van der Waals surface area contributed by atoms with E-state index in [1.165, 1.54) is 10.9 Å². The van der Waals surface area contributed by atoms with Crippen molar-refractivity contribution in [1.29, 1.82) is 0 Å². The van der Waals surface area contributed by atoms with Gasteiger partial charge < -0.3 is 5.11 Å². The predicted octanol–water partition coefficient (Wildman–Crippen LogP) is 2.68. The average Bonchev–Trinajstić information content (AvgIpc) is 2.97. The Balaban J connectivity index is 2.07. The minimum Gasteiger partial charge on any atom is -0.478 e. The number of carboxylic acids is 1. The Morgan fingerprint density at radius 3 is 2.62 bits per heavy atom. The first kappa shape index (κ1) is 13.3. The number of tetrazole rings is 1. The molecule has 0 fully saturated rings. The van der Waals surface area contributed by atoms with Gasteiger partial charge in [-0.15, -0.1) is 15.0 Å². The molecule has 2 aromatic carbocycles. The van der Waals surface area contributed by atoms with Crippen molar-refractivity contribution in [2.24, 2.45) is 0 Å². The molecule has 3 aromatic rings. The first-order valence-electron chi connectivity index (χ1n) is 6.04. The van der Waals surface area contributed by atoms with Crippen molar-refractivity contribution in [2.75, 3.05) is 0 Å². The van der Waals surface area contributed by atoms with Crippen LogP contribution >= 0.6 is 11.6 Å². The molecule has 21 heavy (non-hydrogen) atoms. The minimum absolute atomic E-state index is 0.0134. The van der Waals surface area contributed by atoms with E-state index in [-0.39, 0.29) is 5.56 Å². The van der Waals surface area contributed by atoms with Crippen LogP contribution in [0, 0.1) is 0 Å². The third-order valence-corrected chi connectivity index (χ3v) is 3.09. The molecule has 1 heterocycles. The monoisotopic (exact) mass is 300 g/mol. The quantitative estimate of drug-likeness (QED) is 0.804. The summed E-state index contributed by atoms with van der Waals surface area (Å²) in [4.78, 5) is 12.5. The van der Waals surface area contributed by atoms with Crippen molar-refractivity contribution in [1.82, 2.24) is 20.2 Å². The van der Waals surface area contributed by atoms with Gasteiger partial charge in [-0.05, 0) is 23.4 Å². The summed E-state index contributed by atoms with van der Waals surface area (Å²) in [6.07, 6.45) is 0. The standard InChI is InChI=1S/C14H9ClN4O2/c15-10-6-7-12(11(8-10)14(20)21)19-17-13(16-18-19)9-4-2-1-3-5-9/h1-8H,(H,20,21). The summed E-state index contributed by atoms with van der Waals surface area (Å²) in [6.45, 7) is 0.